The van der Waals surface area contributed by atoms with E-state index >= 15 is 0 Å². The number of hydrogen-bond acceptors (Lipinski definition) is 4. The fourth-order valence-corrected chi connectivity index (χ4v) is 3.11. The summed E-state index contributed by atoms with van der Waals surface area (Å²) in [4.78, 5) is 17.3. The summed E-state index contributed by atoms with van der Waals surface area (Å²) in [5.74, 6) is -0.582. The summed E-state index contributed by atoms with van der Waals surface area (Å²) in [6, 6.07) is 5.38. The van der Waals surface area contributed by atoms with Crippen LogP contribution in [0.3, 0.4) is 0 Å². The molecular weight excluding hydrogens is 352 g/mol. The van der Waals surface area contributed by atoms with Crippen LogP contribution >= 0.6 is 11.6 Å². The van der Waals surface area contributed by atoms with Gasteiger partial charge in [0.2, 0.25) is 0 Å². The van der Waals surface area contributed by atoms with E-state index in [-0.39, 0.29) is 17.3 Å². The Labute approximate surface area is 149 Å². The molecule has 9 heteroatoms. The lowest BCUT2D eigenvalue weighted by molar-refractivity contribution is -0.00212. The van der Waals surface area contributed by atoms with Crippen molar-refractivity contribution in [2.75, 3.05) is 13.1 Å². The SMILES string of the molecule is Cn1nc(C(F)F)c(C(=O)N(Cc2ccccn2)N2CCCC2)c1Cl. The molecule has 1 saturated heterocycles. The molecule has 6 nitrogen and oxygen atoms in total. The van der Waals surface area contributed by atoms with Gasteiger partial charge in [-0.25, -0.2) is 13.8 Å². The zero-order chi connectivity index (χ0) is 18.0. The van der Waals surface area contributed by atoms with Gasteiger partial charge in [0.25, 0.3) is 12.3 Å². The molecule has 1 aliphatic heterocycles. The fourth-order valence-electron chi connectivity index (χ4n) is 2.89. The third kappa shape index (κ3) is 3.64. The first-order valence-electron chi connectivity index (χ1n) is 7.96. The van der Waals surface area contributed by atoms with Gasteiger partial charge in [0.05, 0.1) is 12.2 Å². The van der Waals surface area contributed by atoms with Gasteiger partial charge in [-0.05, 0) is 25.0 Å². The van der Waals surface area contributed by atoms with Crippen LogP contribution in [0, 0.1) is 0 Å². The molecule has 0 radical (unpaired) electrons. The number of halogens is 3. The Morgan fingerprint density at radius 2 is 2.08 bits per heavy atom. The smallest absolute Gasteiger partial charge is 0.267 e. The number of amides is 1. The summed E-state index contributed by atoms with van der Waals surface area (Å²) in [5, 5.41) is 6.91. The lowest BCUT2D eigenvalue weighted by Gasteiger charge is -2.31. The topological polar surface area (TPSA) is 54.3 Å². The summed E-state index contributed by atoms with van der Waals surface area (Å²) < 4.78 is 27.7. The number of carbonyl (C=O) groups excluding carboxylic acids is 1. The highest BCUT2D eigenvalue weighted by Gasteiger charge is 2.33. The molecule has 134 valence electrons. The average molecular weight is 370 g/mol. The van der Waals surface area contributed by atoms with E-state index in [1.54, 1.807) is 18.3 Å². The van der Waals surface area contributed by atoms with Gasteiger partial charge < -0.3 is 0 Å². The number of hydrogen-bond donors (Lipinski definition) is 0. The number of carbonyl (C=O) groups is 1. The van der Waals surface area contributed by atoms with Crippen LogP contribution in [0.15, 0.2) is 24.4 Å². The normalized spacial score (nSPS) is 15.1. The van der Waals surface area contributed by atoms with E-state index < -0.39 is 18.0 Å². The lowest BCUT2D eigenvalue weighted by atomic mass is 10.2. The van der Waals surface area contributed by atoms with Crippen LogP contribution in [0.2, 0.25) is 5.15 Å². The third-order valence-electron chi connectivity index (χ3n) is 4.12. The molecule has 2 aromatic rings. The molecule has 3 heterocycles. The minimum absolute atomic E-state index is 0.0921. The van der Waals surface area contributed by atoms with Gasteiger partial charge in [0.1, 0.15) is 16.4 Å². The largest absolute Gasteiger partial charge is 0.283 e. The Bertz CT molecular complexity index is 746. The van der Waals surface area contributed by atoms with E-state index in [2.05, 4.69) is 10.1 Å². The Morgan fingerprint density at radius 1 is 1.36 bits per heavy atom. The molecular formula is C16H18ClF2N5O. The molecule has 0 spiro atoms. The number of alkyl halides is 2. The summed E-state index contributed by atoms with van der Waals surface area (Å²) >= 11 is 6.09. The van der Waals surface area contributed by atoms with E-state index in [4.69, 9.17) is 11.6 Å². The molecule has 1 aliphatic rings. The number of aromatic nitrogens is 3. The number of nitrogens with zero attached hydrogens (tertiary/aromatic N) is 5. The standard InChI is InChI=1S/C16H18ClF2N5O/c1-22-14(17)12(13(21-22)15(18)19)16(25)24(23-8-4-5-9-23)10-11-6-2-3-7-20-11/h2-3,6-7,15H,4-5,8-10H2,1H3. The van der Waals surface area contributed by atoms with Crippen molar-refractivity contribution in [1.29, 1.82) is 0 Å². The predicted molar refractivity (Wildman–Crippen MR) is 88.1 cm³/mol. The Kier molecular flexibility index (Phi) is 5.29. The van der Waals surface area contributed by atoms with Crippen molar-refractivity contribution in [2.24, 2.45) is 7.05 Å². The third-order valence-corrected chi connectivity index (χ3v) is 4.55. The van der Waals surface area contributed by atoms with Gasteiger partial charge in [-0.15, -0.1) is 0 Å². The van der Waals surface area contributed by atoms with Gasteiger partial charge in [-0.1, -0.05) is 17.7 Å². The van der Waals surface area contributed by atoms with Crippen molar-refractivity contribution in [2.45, 2.75) is 25.8 Å². The quantitative estimate of drug-likeness (QED) is 0.812. The number of aryl methyl sites for hydroxylation is 1. The highest BCUT2D eigenvalue weighted by atomic mass is 35.5. The van der Waals surface area contributed by atoms with Crippen molar-refractivity contribution in [3.8, 4) is 0 Å². The Hall–Kier alpha value is -2.06. The highest BCUT2D eigenvalue weighted by molar-refractivity contribution is 6.33. The van der Waals surface area contributed by atoms with Crippen molar-refractivity contribution >= 4 is 17.5 Å². The predicted octanol–water partition coefficient (Wildman–Crippen LogP) is 3.06. The monoisotopic (exact) mass is 369 g/mol. The molecule has 0 saturated carbocycles. The summed E-state index contributed by atoms with van der Waals surface area (Å²) in [6.45, 7) is 1.55. The maximum atomic E-state index is 13.3. The van der Waals surface area contributed by atoms with Gasteiger partial charge >= 0.3 is 0 Å². The van der Waals surface area contributed by atoms with Crippen molar-refractivity contribution in [1.82, 2.24) is 24.8 Å². The van der Waals surface area contributed by atoms with Crippen molar-refractivity contribution in [3.63, 3.8) is 0 Å². The average Bonchev–Trinajstić information content (AvgIpc) is 3.22. The van der Waals surface area contributed by atoms with Crippen molar-refractivity contribution < 1.29 is 13.6 Å². The highest BCUT2D eigenvalue weighted by Crippen LogP contribution is 2.30. The van der Waals surface area contributed by atoms with E-state index in [0.29, 0.717) is 18.8 Å². The number of pyridine rings is 1. The van der Waals surface area contributed by atoms with Gasteiger partial charge in [0.15, 0.2) is 0 Å². The fraction of sp³-hybridized carbons (Fsp3) is 0.438. The molecule has 1 fully saturated rings. The molecule has 3 rings (SSSR count). The van der Waals surface area contributed by atoms with Crippen LogP contribution in [0.1, 0.15) is 41.0 Å². The molecule has 25 heavy (non-hydrogen) atoms. The first-order valence-corrected chi connectivity index (χ1v) is 8.34. The summed E-state index contributed by atoms with van der Waals surface area (Å²) in [6.07, 6.45) is 0.625. The maximum absolute atomic E-state index is 13.3. The van der Waals surface area contributed by atoms with E-state index in [9.17, 15) is 13.6 Å². The zero-order valence-corrected chi connectivity index (χ0v) is 14.5. The molecule has 2 aromatic heterocycles. The molecule has 0 bridgehead atoms. The summed E-state index contributed by atoms with van der Waals surface area (Å²) in [7, 11) is 1.43. The number of hydrazine groups is 1. The molecule has 1 amide bonds. The molecule has 0 N–H and O–H groups in total. The van der Waals surface area contributed by atoms with Gasteiger partial charge in [0, 0.05) is 26.3 Å². The Balaban J connectivity index is 1.97. The van der Waals surface area contributed by atoms with Crippen LogP contribution in [-0.2, 0) is 13.6 Å². The van der Waals surface area contributed by atoms with Crippen molar-refractivity contribution in [3.05, 3.63) is 46.5 Å². The second kappa shape index (κ2) is 7.45. The lowest BCUT2D eigenvalue weighted by Crippen LogP contribution is -2.44. The number of rotatable bonds is 5. The van der Waals surface area contributed by atoms with E-state index in [0.717, 1.165) is 17.5 Å². The zero-order valence-electron chi connectivity index (χ0n) is 13.7. The minimum atomic E-state index is -2.88. The van der Waals surface area contributed by atoms with E-state index in [1.807, 2.05) is 11.1 Å². The Morgan fingerprint density at radius 3 is 2.68 bits per heavy atom. The second-order valence-corrected chi connectivity index (χ2v) is 6.18. The van der Waals surface area contributed by atoms with Gasteiger partial charge in [-0.3, -0.25) is 19.5 Å². The molecule has 0 unspecified atom stereocenters. The van der Waals surface area contributed by atoms with Crippen LogP contribution in [0.25, 0.3) is 0 Å². The second-order valence-electron chi connectivity index (χ2n) is 5.82. The van der Waals surface area contributed by atoms with Crippen LogP contribution in [-0.4, -0.2) is 43.8 Å². The summed E-state index contributed by atoms with van der Waals surface area (Å²) in [5.41, 5.74) is -0.175. The first-order chi connectivity index (χ1) is 12.0. The van der Waals surface area contributed by atoms with Crippen LogP contribution in [0.4, 0.5) is 8.78 Å². The van der Waals surface area contributed by atoms with E-state index in [1.165, 1.54) is 12.1 Å². The first kappa shape index (κ1) is 17.8. The molecule has 0 aliphatic carbocycles. The van der Waals surface area contributed by atoms with Crippen LogP contribution < -0.4 is 0 Å². The van der Waals surface area contributed by atoms with Gasteiger partial charge in [-0.2, -0.15) is 5.10 Å². The minimum Gasteiger partial charge on any atom is -0.267 e. The maximum Gasteiger partial charge on any atom is 0.283 e. The molecule has 0 aromatic carbocycles. The molecule has 0 atom stereocenters. The van der Waals surface area contributed by atoms with Crippen LogP contribution in [0.5, 0.6) is 0 Å².